The number of nitrogens with one attached hydrogen (secondary N) is 1. The maximum absolute atomic E-state index is 12.2. The molecule has 0 saturated heterocycles. The van der Waals surface area contributed by atoms with Crippen LogP contribution in [0.2, 0.25) is 10.0 Å². The van der Waals surface area contributed by atoms with Crippen molar-refractivity contribution in [3.05, 3.63) is 68.9 Å². The normalized spacial score (nSPS) is 10.9. The number of aryl methyl sites for hydroxylation is 1. The number of rotatable bonds is 7. The van der Waals surface area contributed by atoms with Gasteiger partial charge in [-0.1, -0.05) is 23.2 Å². The van der Waals surface area contributed by atoms with E-state index in [0.717, 1.165) is 0 Å². The molecule has 2 aromatic heterocycles. The zero-order chi connectivity index (χ0) is 22.7. The Balaban J connectivity index is 1.37. The molecular formula is C20H16Cl2N6O4. The fourth-order valence-corrected chi connectivity index (χ4v) is 3.18. The molecule has 0 aliphatic heterocycles. The van der Waals surface area contributed by atoms with Crippen LogP contribution in [0.3, 0.4) is 0 Å². The number of hydrogen-bond donors (Lipinski definition) is 2. The number of fused-ring (bicyclic) bond motifs is 1. The summed E-state index contributed by atoms with van der Waals surface area (Å²) >= 11 is 11.8. The third-order valence-corrected chi connectivity index (χ3v) is 4.82. The van der Waals surface area contributed by atoms with Gasteiger partial charge in [-0.2, -0.15) is 15.0 Å². The number of ether oxygens (including phenoxy) is 1. The van der Waals surface area contributed by atoms with Gasteiger partial charge in [0.1, 0.15) is 0 Å². The number of benzene rings is 2. The van der Waals surface area contributed by atoms with E-state index in [1.807, 2.05) is 0 Å². The van der Waals surface area contributed by atoms with E-state index in [2.05, 4.69) is 20.3 Å². The minimum atomic E-state index is -0.585. The molecule has 4 aromatic rings. The number of carbonyl (C=O) groups is 1. The molecule has 0 amide bonds. The highest BCUT2D eigenvalue weighted by molar-refractivity contribution is 6.31. The molecule has 0 spiro atoms. The first kappa shape index (κ1) is 21.6. The summed E-state index contributed by atoms with van der Waals surface area (Å²) < 4.78 is 11.7. The molecule has 2 aromatic carbocycles. The molecule has 0 atom stereocenters. The van der Waals surface area contributed by atoms with E-state index >= 15 is 0 Å². The van der Waals surface area contributed by atoms with Crippen LogP contribution in [0.4, 0.5) is 17.6 Å². The van der Waals surface area contributed by atoms with Crippen LogP contribution in [-0.2, 0) is 22.7 Å². The second kappa shape index (κ2) is 9.25. The Kier molecular flexibility index (Phi) is 6.24. The molecule has 4 rings (SSSR count). The first-order valence-corrected chi connectivity index (χ1v) is 10.1. The van der Waals surface area contributed by atoms with Crippen molar-refractivity contribution in [2.45, 2.75) is 19.6 Å². The van der Waals surface area contributed by atoms with Crippen LogP contribution in [0.15, 0.2) is 51.7 Å². The summed E-state index contributed by atoms with van der Waals surface area (Å²) in [7, 11) is 0. The van der Waals surface area contributed by atoms with Crippen molar-refractivity contribution < 1.29 is 13.9 Å². The quantitative estimate of drug-likeness (QED) is 0.384. The van der Waals surface area contributed by atoms with Gasteiger partial charge in [-0.15, -0.1) is 0 Å². The number of hydrogen-bond acceptors (Lipinski definition) is 9. The lowest BCUT2D eigenvalue weighted by Crippen LogP contribution is -2.18. The number of halogens is 2. The van der Waals surface area contributed by atoms with Crippen molar-refractivity contribution in [2.24, 2.45) is 0 Å². The van der Waals surface area contributed by atoms with Gasteiger partial charge in [-0.3, -0.25) is 9.36 Å². The lowest BCUT2D eigenvalue weighted by Gasteiger charge is -2.08. The predicted molar refractivity (Wildman–Crippen MR) is 119 cm³/mol. The summed E-state index contributed by atoms with van der Waals surface area (Å²) in [6.07, 6.45) is -0.0619. The summed E-state index contributed by atoms with van der Waals surface area (Å²) in [5.41, 5.74) is 7.30. The zero-order valence-electron chi connectivity index (χ0n) is 16.4. The Morgan fingerprint density at radius 2 is 1.84 bits per heavy atom. The van der Waals surface area contributed by atoms with Crippen molar-refractivity contribution in [2.75, 3.05) is 11.1 Å². The average Bonchev–Trinajstić information content (AvgIpc) is 3.06. The Labute approximate surface area is 191 Å². The highest BCUT2D eigenvalue weighted by atomic mass is 35.5. The molecule has 3 N–H and O–H groups in total. The lowest BCUT2D eigenvalue weighted by molar-refractivity contribution is -0.145. The Bertz CT molecular complexity index is 1340. The standard InChI is InChI=1S/C20H16Cl2N6O4/c21-11-1-4-13(5-2-11)24-19-26-16(25-18(23)27-19)10-31-17(29)7-8-28-14-6-3-12(22)9-15(14)32-20(28)30/h1-6,9H,7-8,10H2,(H3,23,24,25,26,27). The first-order chi connectivity index (χ1) is 15.4. The minimum Gasteiger partial charge on any atom is -0.457 e. The maximum Gasteiger partial charge on any atom is 0.419 e. The van der Waals surface area contributed by atoms with Gasteiger partial charge in [0.2, 0.25) is 11.9 Å². The minimum absolute atomic E-state index is 0.0300. The average molecular weight is 475 g/mol. The number of nitrogens with zero attached hydrogens (tertiary/aromatic N) is 4. The van der Waals surface area contributed by atoms with Gasteiger partial charge in [0, 0.05) is 28.3 Å². The zero-order valence-corrected chi connectivity index (χ0v) is 17.9. The van der Waals surface area contributed by atoms with Crippen molar-refractivity contribution >= 4 is 57.9 Å². The molecule has 32 heavy (non-hydrogen) atoms. The van der Waals surface area contributed by atoms with Gasteiger partial charge in [0.05, 0.1) is 11.9 Å². The van der Waals surface area contributed by atoms with Crippen LogP contribution >= 0.6 is 23.2 Å². The van der Waals surface area contributed by atoms with Gasteiger partial charge in [-0.25, -0.2) is 4.79 Å². The van der Waals surface area contributed by atoms with Gasteiger partial charge in [0.15, 0.2) is 18.0 Å². The van der Waals surface area contributed by atoms with Crippen molar-refractivity contribution in [3.63, 3.8) is 0 Å². The van der Waals surface area contributed by atoms with Crippen LogP contribution in [-0.4, -0.2) is 25.5 Å². The van der Waals surface area contributed by atoms with Gasteiger partial charge >= 0.3 is 11.7 Å². The lowest BCUT2D eigenvalue weighted by atomic mass is 10.3. The maximum atomic E-state index is 12.2. The fraction of sp³-hybridized carbons (Fsp3) is 0.150. The van der Waals surface area contributed by atoms with Crippen LogP contribution in [0.5, 0.6) is 0 Å². The molecule has 0 radical (unpaired) electrons. The number of nitrogens with two attached hydrogens (primary N) is 1. The summed E-state index contributed by atoms with van der Waals surface area (Å²) in [4.78, 5) is 36.4. The summed E-state index contributed by atoms with van der Waals surface area (Å²) in [5.74, 6) is -0.800. The van der Waals surface area contributed by atoms with Crippen molar-refractivity contribution in [3.8, 4) is 0 Å². The van der Waals surface area contributed by atoms with E-state index in [0.29, 0.717) is 26.8 Å². The van der Waals surface area contributed by atoms with E-state index in [9.17, 15) is 9.59 Å². The number of esters is 1. The van der Waals surface area contributed by atoms with Crippen LogP contribution in [0.1, 0.15) is 12.2 Å². The van der Waals surface area contributed by atoms with Crippen molar-refractivity contribution in [1.82, 2.24) is 19.5 Å². The number of carbonyl (C=O) groups excluding carboxylic acids is 1. The van der Waals surface area contributed by atoms with E-state index in [1.165, 1.54) is 10.6 Å². The molecule has 0 aliphatic carbocycles. The molecule has 0 unspecified atom stereocenters. The van der Waals surface area contributed by atoms with E-state index in [4.69, 9.17) is 38.1 Å². The molecule has 0 bridgehead atoms. The van der Waals surface area contributed by atoms with Crippen LogP contribution in [0, 0.1) is 0 Å². The molecule has 2 heterocycles. The third-order valence-electron chi connectivity index (χ3n) is 4.33. The monoisotopic (exact) mass is 474 g/mol. The summed E-state index contributed by atoms with van der Waals surface area (Å²) in [6, 6.07) is 11.7. The smallest absolute Gasteiger partial charge is 0.419 e. The molecule has 12 heteroatoms. The van der Waals surface area contributed by atoms with E-state index in [1.54, 1.807) is 36.4 Å². The molecule has 0 fully saturated rings. The van der Waals surface area contributed by atoms with E-state index in [-0.39, 0.29) is 37.3 Å². The van der Waals surface area contributed by atoms with Crippen LogP contribution < -0.4 is 16.8 Å². The molecule has 164 valence electrons. The van der Waals surface area contributed by atoms with Gasteiger partial charge in [0.25, 0.3) is 0 Å². The SMILES string of the molecule is Nc1nc(COC(=O)CCn2c(=O)oc3cc(Cl)ccc32)nc(Nc2ccc(Cl)cc2)n1. The topological polar surface area (TPSA) is 138 Å². The van der Waals surface area contributed by atoms with Gasteiger partial charge < -0.3 is 20.2 Å². The van der Waals surface area contributed by atoms with E-state index < -0.39 is 11.7 Å². The Morgan fingerprint density at radius 1 is 1.09 bits per heavy atom. The first-order valence-electron chi connectivity index (χ1n) is 9.35. The molecule has 0 aliphatic rings. The van der Waals surface area contributed by atoms with Crippen LogP contribution in [0.25, 0.3) is 11.1 Å². The highest BCUT2D eigenvalue weighted by Gasteiger charge is 2.13. The summed E-state index contributed by atoms with van der Waals surface area (Å²) in [5, 5.41) is 4.01. The molecule has 10 nitrogen and oxygen atoms in total. The molecule has 0 saturated carbocycles. The third kappa shape index (κ3) is 5.16. The Morgan fingerprint density at radius 3 is 2.62 bits per heavy atom. The number of nitrogen functional groups attached to an aromatic ring is 1. The fourth-order valence-electron chi connectivity index (χ4n) is 2.89. The number of anilines is 3. The second-order valence-corrected chi connectivity index (χ2v) is 7.48. The highest BCUT2D eigenvalue weighted by Crippen LogP contribution is 2.19. The number of aromatic nitrogens is 4. The van der Waals surface area contributed by atoms with Gasteiger partial charge in [-0.05, 0) is 36.4 Å². The predicted octanol–water partition coefficient (Wildman–Crippen LogP) is 3.55. The molecular weight excluding hydrogens is 459 g/mol. The van der Waals surface area contributed by atoms with Crippen molar-refractivity contribution in [1.29, 1.82) is 0 Å². The number of oxazole rings is 1. The Hall–Kier alpha value is -3.63. The summed E-state index contributed by atoms with van der Waals surface area (Å²) in [6.45, 7) is -0.132. The second-order valence-electron chi connectivity index (χ2n) is 6.61. The largest absolute Gasteiger partial charge is 0.457 e.